The number of benzene rings is 3. The number of rotatable bonds is 0. The van der Waals surface area contributed by atoms with Crippen molar-refractivity contribution in [2.45, 2.75) is 155 Å². The molecular weight excluding hydrogens is 777 g/mol. The first-order chi connectivity index (χ1) is 26.5. The fraction of sp³-hybridized carbons (Fsp3) is 0.480. The molecule has 0 radical (unpaired) electrons. The molecule has 0 saturated heterocycles. The summed E-state index contributed by atoms with van der Waals surface area (Å²) < 4.78 is 0. The Kier molecular flexibility index (Phi) is 9.82. The third kappa shape index (κ3) is 6.44. The predicted octanol–water partition coefficient (Wildman–Crippen LogP) is 15.8. The molecule has 7 rings (SSSR count). The van der Waals surface area contributed by atoms with E-state index in [9.17, 15) is 0 Å². The van der Waals surface area contributed by atoms with E-state index in [0.29, 0.717) is 0 Å². The summed E-state index contributed by atoms with van der Waals surface area (Å²) in [5, 5.41) is 8.43. The highest BCUT2D eigenvalue weighted by atomic mass is 32.1. The van der Waals surface area contributed by atoms with Crippen LogP contribution in [0.25, 0.3) is 64.3 Å². The molecule has 0 aliphatic heterocycles. The molecule has 0 unspecified atom stereocenters. The molecule has 0 aliphatic carbocycles. The van der Waals surface area contributed by atoms with Crippen LogP contribution in [0.5, 0.6) is 0 Å². The van der Waals surface area contributed by atoms with Crippen molar-refractivity contribution in [2.24, 2.45) is 0 Å². The van der Waals surface area contributed by atoms with Crippen LogP contribution in [0, 0.1) is 22.9 Å². The fourth-order valence-electron chi connectivity index (χ4n) is 12.5. The van der Waals surface area contributed by atoms with Crippen LogP contribution in [0.4, 0.5) is 0 Å². The molecule has 4 aromatic heterocycles. The summed E-state index contributed by atoms with van der Waals surface area (Å²) in [5.41, 5.74) is 15.8. The van der Waals surface area contributed by atoms with Crippen molar-refractivity contribution in [1.82, 2.24) is 19.9 Å². The Bertz CT molecular complexity index is 2520. The van der Waals surface area contributed by atoms with Crippen molar-refractivity contribution in [3.05, 3.63) is 58.3 Å². The zero-order valence-corrected chi connectivity index (χ0v) is 41.9. The lowest BCUT2D eigenvalue weighted by Gasteiger charge is -2.55. The zero-order valence-electron chi connectivity index (χ0n) is 38.2. The molecule has 0 amide bonds. The van der Waals surface area contributed by atoms with Gasteiger partial charge in [0.25, 0.3) is 0 Å². The Hall–Kier alpha value is -3.67. The maximum absolute atomic E-state index is 5.19. The van der Waals surface area contributed by atoms with Crippen LogP contribution in [-0.2, 0) is 0 Å². The minimum atomic E-state index is -2.47. The molecule has 0 aliphatic rings. The van der Waals surface area contributed by atoms with Gasteiger partial charge in [-0.25, -0.2) is 19.9 Å². The Balaban J connectivity index is 1.76. The van der Waals surface area contributed by atoms with Gasteiger partial charge >= 0.3 is 0 Å². The number of hydrogen-bond acceptors (Lipinski definition) is 6. The van der Waals surface area contributed by atoms with Crippen molar-refractivity contribution in [2.75, 3.05) is 0 Å². The summed E-state index contributed by atoms with van der Waals surface area (Å²) in [4.78, 5) is 22.6. The van der Waals surface area contributed by atoms with Gasteiger partial charge in [-0.15, -0.1) is 33.8 Å². The summed E-state index contributed by atoms with van der Waals surface area (Å²) in [7, 11) is -4.95. The largest absolute Gasteiger partial charge is 0.244 e. The van der Waals surface area contributed by atoms with E-state index in [1.54, 1.807) is 22.7 Å². The summed E-state index contributed by atoms with van der Waals surface area (Å²) in [6, 6.07) is 13.1. The van der Waals surface area contributed by atoms with Crippen LogP contribution >= 0.6 is 22.7 Å². The Morgan fingerprint density at radius 3 is 0.897 bits per heavy atom. The average molecular weight is 839 g/mol. The molecule has 0 N–H and O–H groups in total. The zero-order chi connectivity index (χ0) is 42.8. The molecule has 58 heavy (non-hydrogen) atoms. The second-order valence-electron chi connectivity index (χ2n) is 22.7. The van der Waals surface area contributed by atoms with Gasteiger partial charge in [0.2, 0.25) is 0 Å². The predicted molar refractivity (Wildman–Crippen MR) is 262 cm³/mol. The maximum Gasteiger partial charge on any atom is 0.154 e. The molecule has 3 aromatic carbocycles. The second-order valence-corrected chi connectivity index (χ2v) is 37.0. The molecule has 8 heteroatoms. The van der Waals surface area contributed by atoms with Crippen molar-refractivity contribution >= 4 is 103 Å². The van der Waals surface area contributed by atoms with E-state index in [-0.39, 0.29) is 30.2 Å². The van der Waals surface area contributed by atoms with Crippen molar-refractivity contribution in [1.29, 1.82) is 0 Å². The third-order valence-electron chi connectivity index (χ3n) is 13.0. The second kappa shape index (κ2) is 13.4. The monoisotopic (exact) mass is 838 g/mol. The standard InChI is InChI=1S/C50H62N4S2Si2/c1-45(2,3)57(46(4,5)6,47(7,8)9)25-21-31-33-27-39-42(54-44-37(51-39)19-23-56-44)30-36(33)32(22-26-58(48(10,11)12,49(13,14)15)50(16,17)18)34-28-40-41(29-35(31)34)53-43-38(52-40)20-24-55-43/h19-20,23-24,27-30H,1-18H3. The Morgan fingerprint density at radius 1 is 0.379 bits per heavy atom. The highest BCUT2D eigenvalue weighted by molar-refractivity contribution is 7.17. The van der Waals surface area contributed by atoms with Crippen LogP contribution in [0.2, 0.25) is 30.2 Å². The average Bonchev–Trinajstić information content (AvgIpc) is 3.70. The SMILES string of the molecule is CC(C)(C)[Si](C#Cc1c2cc3nc4ccsc4nc3cc2c(C#C[Si](C(C)(C)C)(C(C)(C)C)C(C)(C)C)c2cc3nc4ccsc4nc3cc12)(C(C)(C)C)C(C)(C)C. The van der Waals surface area contributed by atoms with Crippen LogP contribution in [0.1, 0.15) is 136 Å². The van der Waals surface area contributed by atoms with Crippen LogP contribution in [0.15, 0.2) is 47.2 Å². The van der Waals surface area contributed by atoms with Gasteiger partial charge in [-0.2, -0.15) is 0 Å². The van der Waals surface area contributed by atoms with Gasteiger partial charge in [0, 0.05) is 32.7 Å². The quantitative estimate of drug-likeness (QED) is 0.0867. The van der Waals surface area contributed by atoms with E-state index < -0.39 is 16.1 Å². The van der Waals surface area contributed by atoms with Crippen LogP contribution in [-0.4, -0.2) is 36.1 Å². The van der Waals surface area contributed by atoms with Gasteiger partial charge in [-0.3, -0.25) is 0 Å². The van der Waals surface area contributed by atoms with Gasteiger partial charge in [0.15, 0.2) is 16.1 Å². The molecule has 0 atom stereocenters. The number of thiophene rings is 2. The summed E-state index contributed by atoms with van der Waals surface area (Å²) in [6.45, 7) is 43.5. The van der Waals surface area contributed by atoms with E-state index in [0.717, 1.165) is 75.4 Å². The first-order valence-electron chi connectivity index (χ1n) is 20.7. The van der Waals surface area contributed by atoms with Gasteiger partial charge in [-0.05, 0) is 77.4 Å². The molecule has 4 nitrogen and oxygen atoms in total. The van der Waals surface area contributed by atoms with Gasteiger partial charge in [-0.1, -0.05) is 136 Å². The van der Waals surface area contributed by atoms with Crippen LogP contribution in [0.3, 0.4) is 0 Å². The first-order valence-corrected chi connectivity index (χ1v) is 26.5. The highest BCUT2D eigenvalue weighted by Gasteiger charge is 2.60. The molecule has 7 aromatic rings. The lowest BCUT2D eigenvalue weighted by atomic mass is 9.91. The molecule has 4 heterocycles. The lowest BCUT2D eigenvalue weighted by molar-refractivity contribution is 0.548. The van der Waals surface area contributed by atoms with Crippen molar-refractivity contribution in [3.63, 3.8) is 0 Å². The molecule has 0 saturated carbocycles. The van der Waals surface area contributed by atoms with Gasteiger partial charge in [0.05, 0.1) is 22.1 Å². The van der Waals surface area contributed by atoms with Gasteiger partial charge in [0.1, 0.15) is 20.7 Å². The van der Waals surface area contributed by atoms with Crippen LogP contribution < -0.4 is 0 Å². The first kappa shape index (κ1) is 42.5. The van der Waals surface area contributed by atoms with E-state index in [4.69, 9.17) is 19.9 Å². The minimum Gasteiger partial charge on any atom is -0.244 e. The van der Waals surface area contributed by atoms with Crippen molar-refractivity contribution in [3.8, 4) is 22.9 Å². The molecule has 302 valence electrons. The lowest BCUT2D eigenvalue weighted by Crippen LogP contribution is -2.57. The minimum absolute atomic E-state index is 0.0000273. The summed E-state index contributed by atoms with van der Waals surface area (Å²) in [6.07, 6.45) is 0. The van der Waals surface area contributed by atoms with E-state index in [1.165, 1.54) is 0 Å². The highest BCUT2D eigenvalue weighted by Crippen LogP contribution is 2.63. The number of aromatic nitrogens is 4. The van der Waals surface area contributed by atoms with Gasteiger partial charge < -0.3 is 0 Å². The Labute approximate surface area is 357 Å². The maximum atomic E-state index is 5.19. The third-order valence-corrected chi connectivity index (χ3v) is 29.1. The molecule has 0 spiro atoms. The normalized spacial score (nSPS) is 14.1. The number of nitrogens with zero attached hydrogens (tertiary/aromatic N) is 4. The molecule has 0 bridgehead atoms. The smallest absolute Gasteiger partial charge is 0.154 e. The molecule has 0 fully saturated rings. The fourth-order valence-corrected chi connectivity index (χ4v) is 30.3. The van der Waals surface area contributed by atoms with E-state index in [2.05, 4.69) is 195 Å². The Morgan fingerprint density at radius 2 is 0.638 bits per heavy atom. The summed E-state index contributed by atoms with van der Waals surface area (Å²) in [5.74, 6) is 8.08. The van der Waals surface area contributed by atoms with E-state index in [1.807, 2.05) is 0 Å². The number of hydrogen-bond donors (Lipinski definition) is 0. The van der Waals surface area contributed by atoms with Crippen molar-refractivity contribution < 1.29 is 0 Å². The topological polar surface area (TPSA) is 51.6 Å². The summed E-state index contributed by atoms with van der Waals surface area (Å²) >= 11 is 3.26. The molecular formula is C50H62N4S2Si2. The van der Waals surface area contributed by atoms with E-state index >= 15 is 0 Å². The number of fused-ring (bicyclic) bond motifs is 6.